The third-order valence-corrected chi connectivity index (χ3v) is 10.2. The Kier molecular flexibility index (Phi) is 7.96. The molecule has 3 saturated carbocycles. The monoisotopic (exact) mass is 544 g/mol. The molecule has 206 valence electrons. The number of amides is 1. The number of rotatable bonds is 8. The Morgan fingerprint density at radius 3 is 2.46 bits per heavy atom. The quantitative estimate of drug-likeness (QED) is 0.291. The molecule has 3 heterocycles. The number of carbonyl (C=O) groups is 1. The van der Waals surface area contributed by atoms with E-state index in [9.17, 15) is 4.79 Å². The summed E-state index contributed by atoms with van der Waals surface area (Å²) in [6.45, 7) is 2.77. The van der Waals surface area contributed by atoms with Crippen LogP contribution in [-0.4, -0.2) is 34.5 Å². The molecule has 1 amide bonds. The Balaban J connectivity index is 1.19. The van der Waals surface area contributed by atoms with Gasteiger partial charge < -0.3 is 4.74 Å². The van der Waals surface area contributed by atoms with Crippen molar-refractivity contribution in [3.8, 4) is 16.2 Å². The molecule has 0 radical (unpaired) electrons. The van der Waals surface area contributed by atoms with Crippen LogP contribution in [0.25, 0.3) is 10.4 Å². The predicted octanol–water partition coefficient (Wildman–Crippen LogP) is 7.68. The zero-order valence-corrected chi connectivity index (χ0v) is 24.1. The summed E-state index contributed by atoms with van der Waals surface area (Å²) in [6, 6.07) is 8.36. The molecule has 0 spiro atoms. The number of aromatic nitrogens is 3. The van der Waals surface area contributed by atoms with E-state index in [1.165, 1.54) is 34.8 Å². The molecule has 0 atom stereocenters. The average Bonchev–Trinajstić information content (AvgIpc) is 3.72. The summed E-state index contributed by atoms with van der Waals surface area (Å²) in [5.74, 6) is 3.65. The van der Waals surface area contributed by atoms with Crippen LogP contribution in [0.1, 0.15) is 98.9 Å². The second-order valence-electron chi connectivity index (χ2n) is 11.8. The van der Waals surface area contributed by atoms with Gasteiger partial charge in [-0.2, -0.15) is 0 Å². The van der Waals surface area contributed by atoms with Crippen molar-refractivity contribution in [1.29, 1.82) is 0 Å². The molecule has 0 N–H and O–H groups in total. The van der Waals surface area contributed by atoms with Gasteiger partial charge in [0.15, 0.2) is 0 Å². The van der Waals surface area contributed by atoms with E-state index in [4.69, 9.17) is 14.7 Å². The minimum Gasteiger partial charge on any atom is -0.495 e. The average molecular weight is 545 g/mol. The van der Waals surface area contributed by atoms with Crippen LogP contribution in [-0.2, 0) is 4.79 Å². The Bertz CT molecular complexity index is 1290. The van der Waals surface area contributed by atoms with Gasteiger partial charge in [0.05, 0.1) is 22.7 Å². The number of ether oxygens (including phenoxy) is 1. The molecule has 3 fully saturated rings. The van der Waals surface area contributed by atoms with Crippen LogP contribution >= 0.6 is 11.3 Å². The fourth-order valence-electron chi connectivity index (χ4n) is 6.44. The first-order valence-electron chi connectivity index (χ1n) is 14.8. The number of carbonyl (C=O) groups excluding carboxylic acids is 1. The van der Waals surface area contributed by atoms with Gasteiger partial charge in [-0.3, -0.25) is 14.7 Å². The maximum absolute atomic E-state index is 14.0. The van der Waals surface area contributed by atoms with Crippen LogP contribution in [0, 0.1) is 18.8 Å². The van der Waals surface area contributed by atoms with Gasteiger partial charge in [0, 0.05) is 42.4 Å². The van der Waals surface area contributed by atoms with E-state index >= 15 is 0 Å². The molecule has 3 aliphatic rings. The van der Waals surface area contributed by atoms with E-state index in [0.717, 1.165) is 80.7 Å². The second-order valence-corrected chi connectivity index (χ2v) is 12.8. The number of pyridine rings is 2. The van der Waals surface area contributed by atoms with Crippen molar-refractivity contribution in [3.63, 3.8) is 0 Å². The van der Waals surface area contributed by atoms with Gasteiger partial charge in [0.25, 0.3) is 0 Å². The first-order chi connectivity index (χ1) is 19.1. The minimum absolute atomic E-state index is 0.122. The first kappa shape index (κ1) is 26.4. The van der Waals surface area contributed by atoms with Gasteiger partial charge in [-0.1, -0.05) is 19.3 Å². The Morgan fingerprint density at radius 1 is 0.974 bits per heavy atom. The molecule has 0 unspecified atom stereocenters. The van der Waals surface area contributed by atoms with E-state index in [0.29, 0.717) is 17.8 Å². The first-order valence-corrected chi connectivity index (χ1v) is 15.7. The Labute approximate surface area is 236 Å². The van der Waals surface area contributed by atoms with Crippen LogP contribution < -0.4 is 9.64 Å². The molecule has 6 nitrogen and oxygen atoms in total. The summed E-state index contributed by atoms with van der Waals surface area (Å²) in [5, 5.41) is 1.25. The fraction of sp³-hybridized carbons (Fsp3) is 0.562. The molecule has 3 aliphatic carbocycles. The SMILES string of the molecule is COc1ccc(C2CCC(CN(C(=O)C3CCCCC3)c3cc(-c4cnc(C5CC5)s4)ccn3)CC2)nc1C. The van der Waals surface area contributed by atoms with Crippen molar-refractivity contribution >= 4 is 23.1 Å². The van der Waals surface area contributed by atoms with Crippen LogP contribution in [0.15, 0.2) is 36.7 Å². The van der Waals surface area contributed by atoms with E-state index in [-0.39, 0.29) is 11.8 Å². The summed E-state index contributed by atoms with van der Waals surface area (Å²) >= 11 is 1.79. The third-order valence-electron chi connectivity index (χ3n) is 8.96. The number of anilines is 1. The third kappa shape index (κ3) is 6.03. The molecular weight excluding hydrogens is 504 g/mol. The molecule has 0 aliphatic heterocycles. The molecular formula is C32H40N4O2S. The second kappa shape index (κ2) is 11.7. The number of thiazole rings is 1. The molecule has 39 heavy (non-hydrogen) atoms. The highest BCUT2D eigenvalue weighted by atomic mass is 32.1. The molecule has 3 aromatic heterocycles. The van der Waals surface area contributed by atoms with Gasteiger partial charge in [-0.15, -0.1) is 11.3 Å². The lowest BCUT2D eigenvalue weighted by Gasteiger charge is -2.34. The fourth-order valence-corrected chi connectivity index (χ4v) is 7.52. The van der Waals surface area contributed by atoms with Crippen molar-refractivity contribution in [2.45, 2.75) is 89.4 Å². The molecule has 0 aromatic carbocycles. The zero-order valence-electron chi connectivity index (χ0n) is 23.3. The minimum atomic E-state index is 0.122. The zero-order chi connectivity index (χ0) is 26.8. The van der Waals surface area contributed by atoms with Crippen LogP contribution in [0.5, 0.6) is 5.75 Å². The van der Waals surface area contributed by atoms with E-state index in [1.807, 2.05) is 30.3 Å². The van der Waals surface area contributed by atoms with Crippen molar-refractivity contribution in [3.05, 3.63) is 53.1 Å². The number of hydrogen-bond acceptors (Lipinski definition) is 6. The Hall–Kier alpha value is -2.80. The normalized spacial score (nSPS) is 22.0. The van der Waals surface area contributed by atoms with Gasteiger partial charge in [-0.25, -0.2) is 9.97 Å². The lowest BCUT2D eigenvalue weighted by Crippen LogP contribution is -2.41. The van der Waals surface area contributed by atoms with Gasteiger partial charge in [-0.05, 0) is 94.0 Å². The van der Waals surface area contributed by atoms with E-state index in [2.05, 4.69) is 23.2 Å². The number of aryl methyl sites for hydroxylation is 1. The highest BCUT2D eigenvalue weighted by Crippen LogP contribution is 2.44. The van der Waals surface area contributed by atoms with Gasteiger partial charge >= 0.3 is 0 Å². The highest BCUT2D eigenvalue weighted by molar-refractivity contribution is 7.15. The largest absolute Gasteiger partial charge is 0.495 e. The van der Waals surface area contributed by atoms with Crippen molar-refractivity contribution in [1.82, 2.24) is 15.0 Å². The summed E-state index contributed by atoms with van der Waals surface area (Å²) < 4.78 is 5.40. The van der Waals surface area contributed by atoms with Crippen LogP contribution in [0.2, 0.25) is 0 Å². The van der Waals surface area contributed by atoms with Crippen molar-refractivity contribution < 1.29 is 9.53 Å². The van der Waals surface area contributed by atoms with Gasteiger partial charge in [0.2, 0.25) is 5.91 Å². The molecule has 7 heteroatoms. The standard InChI is InChI=1S/C32H40N4O2S/c1-21-28(38-2)15-14-27(35-21)23-10-8-22(9-11-23)20-36(32(37)25-6-4-3-5-7-25)30-18-26(16-17-33-30)29-19-34-31(39-29)24-12-13-24/h14-19,22-25H,3-13,20H2,1-2H3. The lowest BCUT2D eigenvalue weighted by molar-refractivity contribution is -0.123. The van der Waals surface area contributed by atoms with E-state index < -0.39 is 0 Å². The van der Waals surface area contributed by atoms with Crippen molar-refractivity contribution in [2.75, 3.05) is 18.6 Å². The molecule has 3 aromatic rings. The maximum Gasteiger partial charge on any atom is 0.231 e. The Morgan fingerprint density at radius 2 is 1.74 bits per heavy atom. The number of hydrogen-bond donors (Lipinski definition) is 0. The number of methoxy groups -OCH3 is 1. The van der Waals surface area contributed by atoms with Gasteiger partial charge in [0.1, 0.15) is 11.6 Å². The summed E-state index contributed by atoms with van der Waals surface area (Å²) in [5.41, 5.74) is 3.25. The summed E-state index contributed by atoms with van der Waals surface area (Å²) in [6.07, 6.45) is 16.4. The summed E-state index contributed by atoms with van der Waals surface area (Å²) in [4.78, 5) is 31.5. The highest BCUT2D eigenvalue weighted by Gasteiger charge is 2.32. The smallest absolute Gasteiger partial charge is 0.231 e. The van der Waals surface area contributed by atoms with Crippen LogP contribution in [0.3, 0.4) is 0 Å². The lowest BCUT2D eigenvalue weighted by atomic mass is 9.79. The number of nitrogens with zero attached hydrogens (tertiary/aromatic N) is 4. The van der Waals surface area contributed by atoms with Crippen molar-refractivity contribution in [2.24, 2.45) is 11.8 Å². The summed E-state index contributed by atoms with van der Waals surface area (Å²) in [7, 11) is 1.70. The predicted molar refractivity (Wildman–Crippen MR) is 156 cm³/mol. The van der Waals surface area contributed by atoms with Crippen LogP contribution in [0.4, 0.5) is 5.82 Å². The molecule has 0 saturated heterocycles. The maximum atomic E-state index is 14.0. The molecule has 6 rings (SSSR count). The molecule has 0 bridgehead atoms. The van der Waals surface area contributed by atoms with E-state index in [1.54, 1.807) is 18.4 Å². The topological polar surface area (TPSA) is 68.2 Å².